The fourth-order valence-corrected chi connectivity index (χ4v) is 4.33. The zero-order valence-corrected chi connectivity index (χ0v) is 15.9. The van der Waals surface area contributed by atoms with Crippen molar-refractivity contribution in [1.82, 2.24) is 15.2 Å². The summed E-state index contributed by atoms with van der Waals surface area (Å²) in [6.45, 7) is 7.59. The third-order valence-electron chi connectivity index (χ3n) is 5.94. The first kappa shape index (κ1) is 18.4. The average molecular weight is 371 g/mol. The van der Waals surface area contributed by atoms with E-state index >= 15 is 0 Å². The lowest BCUT2D eigenvalue weighted by Gasteiger charge is -2.38. The SMILES string of the molecule is O=C1CCCC(=O)N1c1ccc(N2CCN(CC3CCNCC3)CC2)nc1. The number of hydrogen-bond donors (Lipinski definition) is 1. The minimum Gasteiger partial charge on any atom is -0.354 e. The molecule has 0 atom stereocenters. The van der Waals surface area contributed by atoms with Gasteiger partial charge in [-0.15, -0.1) is 0 Å². The first-order valence-corrected chi connectivity index (χ1v) is 10.2. The number of piperazine rings is 1. The summed E-state index contributed by atoms with van der Waals surface area (Å²) in [5.74, 6) is 1.52. The molecule has 7 nitrogen and oxygen atoms in total. The molecule has 1 aromatic rings. The van der Waals surface area contributed by atoms with E-state index in [9.17, 15) is 9.59 Å². The van der Waals surface area contributed by atoms with Gasteiger partial charge in [-0.1, -0.05) is 0 Å². The van der Waals surface area contributed by atoms with Crippen LogP contribution in [0.25, 0.3) is 0 Å². The molecule has 2 amide bonds. The van der Waals surface area contributed by atoms with Gasteiger partial charge in [-0.3, -0.25) is 14.5 Å². The molecule has 146 valence electrons. The Balaban J connectivity index is 1.32. The molecule has 7 heteroatoms. The maximum Gasteiger partial charge on any atom is 0.233 e. The quantitative estimate of drug-likeness (QED) is 0.804. The number of anilines is 2. The average Bonchev–Trinajstić information content (AvgIpc) is 2.70. The highest BCUT2D eigenvalue weighted by molar-refractivity contribution is 6.16. The lowest BCUT2D eigenvalue weighted by Crippen LogP contribution is -2.49. The van der Waals surface area contributed by atoms with E-state index in [2.05, 4.69) is 20.1 Å². The van der Waals surface area contributed by atoms with Gasteiger partial charge in [0.1, 0.15) is 5.82 Å². The van der Waals surface area contributed by atoms with Crippen LogP contribution in [-0.4, -0.2) is 67.5 Å². The van der Waals surface area contributed by atoms with E-state index in [1.165, 1.54) is 24.3 Å². The highest BCUT2D eigenvalue weighted by Gasteiger charge is 2.28. The Bertz CT molecular complexity index is 647. The van der Waals surface area contributed by atoms with Gasteiger partial charge in [0.2, 0.25) is 11.8 Å². The molecule has 3 aliphatic heterocycles. The second-order valence-corrected chi connectivity index (χ2v) is 7.83. The zero-order valence-electron chi connectivity index (χ0n) is 15.9. The summed E-state index contributed by atoms with van der Waals surface area (Å²) in [5.41, 5.74) is 0.595. The van der Waals surface area contributed by atoms with Crippen molar-refractivity contribution in [2.24, 2.45) is 5.92 Å². The van der Waals surface area contributed by atoms with Gasteiger partial charge in [0.05, 0.1) is 11.9 Å². The van der Waals surface area contributed by atoms with Gasteiger partial charge in [0.25, 0.3) is 0 Å². The number of rotatable bonds is 4. The highest BCUT2D eigenvalue weighted by atomic mass is 16.2. The molecule has 3 aliphatic rings. The van der Waals surface area contributed by atoms with Gasteiger partial charge >= 0.3 is 0 Å². The number of carbonyl (C=O) groups is 2. The van der Waals surface area contributed by atoms with E-state index in [1.54, 1.807) is 6.20 Å². The minimum absolute atomic E-state index is 0.118. The summed E-state index contributed by atoms with van der Waals surface area (Å²) in [4.78, 5) is 34.8. The molecular formula is C20H29N5O2. The molecule has 1 N–H and O–H groups in total. The minimum atomic E-state index is -0.118. The number of nitrogens with one attached hydrogen (secondary N) is 1. The fraction of sp³-hybridized carbons (Fsp3) is 0.650. The topological polar surface area (TPSA) is 68.8 Å². The van der Waals surface area contributed by atoms with Crippen molar-refractivity contribution in [3.63, 3.8) is 0 Å². The molecule has 3 saturated heterocycles. The van der Waals surface area contributed by atoms with Crippen LogP contribution in [0.5, 0.6) is 0 Å². The summed E-state index contributed by atoms with van der Waals surface area (Å²) < 4.78 is 0. The van der Waals surface area contributed by atoms with Crippen molar-refractivity contribution in [2.75, 3.05) is 55.6 Å². The number of aromatic nitrogens is 1. The molecular weight excluding hydrogens is 342 g/mol. The molecule has 4 heterocycles. The Morgan fingerprint density at radius 3 is 2.33 bits per heavy atom. The Morgan fingerprint density at radius 1 is 1.00 bits per heavy atom. The smallest absolute Gasteiger partial charge is 0.233 e. The predicted octanol–water partition coefficient (Wildman–Crippen LogP) is 1.25. The van der Waals surface area contributed by atoms with Crippen LogP contribution >= 0.6 is 0 Å². The van der Waals surface area contributed by atoms with E-state index < -0.39 is 0 Å². The Hall–Kier alpha value is -1.99. The maximum absolute atomic E-state index is 12.0. The number of piperidine rings is 2. The summed E-state index contributed by atoms with van der Waals surface area (Å²) in [7, 11) is 0. The van der Waals surface area contributed by atoms with Gasteiger partial charge in [0.15, 0.2) is 0 Å². The first-order valence-electron chi connectivity index (χ1n) is 10.2. The zero-order chi connectivity index (χ0) is 18.6. The Kier molecular flexibility index (Phi) is 5.69. The van der Waals surface area contributed by atoms with Crippen LogP contribution in [0.2, 0.25) is 0 Å². The predicted molar refractivity (Wildman–Crippen MR) is 105 cm³/mol. The summed E-state index contributed by atoms with van der Waals surface area (Å²) >= 11 is 0. The molecule has 4 rings (SSSR count). The number of imide groups is 1. The summed E-state index contributed by atoms with van der Waals surface area (Å²) in [5, 5.41) is 3.43. The first-order chi connectivity index (χ1) is 13.2. The molecule has 27 heavy (non-hydrogen) atoms. The van der Waals surface area contributed by atoms with Crippen LogP contribution in [0.4, 0.5) is 11.5 Å². The van der Waals surface area contributed by atoms with E-state index in [0.29, 0.717) is 24.9 Å². The molecule has 0 spiro atoms. The molecule has 0 bridgehead atoms. The third kappa shape index (κ3) is 4.30. The van der Waals surface area contributed by atoms with Gasteiger partial charge in [-0.2, -0.15) is 0 Å². The second-order valence-electron chi connectivity index (χ2n) is 7.83. The van der Waals surface area contributed by atoms with Crippen molar-refractivity contribution < 1.29 is 9.59 Å². The van der Waals surface area contributed by atoms with Crippen molar-refractivity contribution in [2.45, 2.75) is 32.1 Å². The van der Waals surface area contributed by atoms with E-state index in [4.69, 9.17) is 0 Å². The molecule has 3 fully saturated rings. The third-order valence-corrected chi connectivity index (χ3v) is 5.94. The fourth-order valence-electron chi connectivity index (χ4n) is 4.33. The van der Waals surface area contributed by atoms with Crippen molar-refractivity contribution in [3.8, 4) is 0 Å². The second kappa shape index (κ2) is 8.35. The van der Waals surface area contributed by atoms with Crippen LogP contribution in [0, 0.1) is 5.92 Å². The molecule has 0 unspecified atom stereocenters. The van der Waals surface area contributed by atoms with Crippen LogP contribution in [-0.2, 0) is 9.59 Å². The van der Waals surface area contributed by atoms with E-state index in [0.717, 1.165) is 51.0 Å². The van der Waals surface area contributed by atoms with Crippen molar-refractivity contribution >= 4 is 23.3 Å². The van der Waals surface area contributed by atoms with Crippen LogP contribution in [0.3, 0.4) is 0 Å². The lowest BCUT2D eigenvalue weighted by atomic mass is 9.97. The monoisotopic (exact) mass is 371 g/mol. The molecule has 0 aliphatic carbocycles. The highest BCUT2D eigenvalue weighted by Crippen LogP contribution is 2.24. The van der Waals surface area contributed by atoms with Gasteiger partial charge in [0, 0.05) is 45.6 Å². The van der Waals surface area contributed by atoms with E-state index in [-0.39, 0.29) is 11.8 Å². The standard InChI is InChI=1S/C20H29N5O2/c26-19-2-1-3-20(27)25(19)17-4-5-18(22-14-17)24-12-10-23(11-13-24)15-16-6-8-21-9-7-16/h4-5,14,16,21H,1-3,6-13,15H2. The number of carbonyl (C=O) groups excluding carboxylic acids is 2. The van der Waals surface area contributed by atoms with Gasteiger partial charge < -0.3 is 10.2 Å². The number of pyridine rings is 1. The lowest BCUT2D eigenvalue weighted by molar-refractivity contribution is -0.129. The summed E-state index contributed by atoms with van der Waals surface area (Å²) in [6, 6.07) is 3.79. The van der Waals surface area contributed by atoms with Crippen LogP contribution in [0.15, 0.2) is 18.3 Å². The summed E-state index contributed by atoms with van der Waals surface area (Å²) in [6.07, 6.45) is 5.77. The van der Waals surface area contributed by atoms with Gasteiger partial charge in [-0.05, 0) is 50.4 Å². The van der Waals surface area contributed by atoms with Crippen molar-refractivity contribution in [1.29, 1.82) is 0 Å². The number of nitrogens with zero attached hydrogens (tertiary/aromatic N) is 4. The Labute approximate surface area is 160 Å². The van der Waals surface area contributed by atoms with E-state index in [1.807, 2.05) is 12.1 Å². The Morgan fingerprint density at radius 2 is 1.70 bits per heavy atom. The van der Waals surface area contributed by atoms with Crippen LogP contribution < -0.4 is 15.1 Å². The molecule has 0 saturated carbocycles. The molecule has 0 radical (unpaired) electrons. The van der Waals surface area contributed by atoms with Crippen LogP contribution in [0.1, 0.15) is 32.1 Å². The number of hydrogen-bond acceptors (Lipinski definition) is 6. The maximum atomic E-state index is 12.0. The molecule has 1 aromatic heterocycles. The van der Waals surface area contributed by atoms with Crippen molar-refractivity contribution in [3.05, 3.63) is 18.3 Å². The normalized spacial score (nSPS) is 23.1. The number of amides is 2. The van der Waals surface area contributed by atoms with Gasteiger partial charge in [-0.25, -0.2) is 9.88 Å². The molecule has 0 aromatic carbocycles. The largest absolute Gasteiger partial charge is 0.354 e.